The van der Waals surface area contributed by atoms with E-state index in [9.17, 15) is 4.79 Å². The van der Waals surface area contributed by atoms with Crippen molar-refractivity contribution in [1.29, 1.82) is 0 Å². The van der Waals surface area contributed by atoms with Crippen molar-refractivity contribution in [3.63, 3.8) is 0 Å². The SMILES string of the molecule is COC(=O)c1cccc2onc(N)c12. The second-order valence-electron chi connectivity index (χ2n) is 2.74. The quantitative estimate of drug-likeness (QED) is 0.686. The summed E-state index contributed by atoms with van der Waals surface area (Å²) in [5, 5.41) is 4.07. The van der Waals surface area contributed by atoms with Crippen LogP contribution in [0, 0.1) is 0 Å². The van der Waals surface area contributed by atoms with Gasteiger partial charge in [-0.3, -0.25) is 0 Å². The van der Waals surface area contributed by atoms with Crippen molar-refractivity contribution in [2.45, 2.75) is 0 Å². The van der Waals surface area contributed by atoms with Gasteiger partial charge in [0.05, 0.1) is 18.1 Å². The maximum atomic E-state index is 11.3. The van der Waals surface area contributed by atoms with Gasteiger partial charge in [0.15, 0.2) is 11.4 Å². The van der Waals surface area contributed by atoms with Crippen LogP contribution < -0.4 is 5.73 Å². The second-order valence-corrected chi connectivity index (χ2v) is 2.74. The standard InChI is InChI=1S/C9H8N2O3/c1-13-9(12)5-3-2-4-6-7(5)8(10)11-14-6/h2-4H,1H3,(H2,10,11). The molecule has 0 fully saturated rings. The van der Waals surface area contributed by atoms with E-state index in [0.29, 0.717) is 16.5 Å². The molecule has 0 spiro atoms. The lowest BCUT2D eigenvalue weighted by molar-refractivity contribution is 0.0603. The van der Waals surface area contributed by atoms with Gasteiger partial charge >= 0.3 is 5.97 Å². The maximum absolute atomic E-state index is 11.3. The minimum absolute atomic E-state index is 0.195. The summed E-state index contributed by atoms with van der Waals surface area (Å²) in [6.45, 7) is 0. The lowest BCUT2D eigenvalue weighted by Gasteiger charge is -1.99. The number of hydrogen-bond donors (Lipinski definition) is 1. The average Bonchev–Trinajstić information content (AvgIpc) is 2.59. The Balaban J connectivity index is 2.75. The van der Waals surface area contributed by atoms with Gasteiger partial charge in [0.25, 0.3) is 0 Å². The molecule has 0 saturated heterocycles. The van der Waals surface area contributed by atoms with Crippen molar-refractivity contribution in [3.8, 4) is 0 Å². The fourth-order valence-electron chi connectivity index (χ4n) is 1.30. The van der Waals surface area contributed by atoms with Gasteiger partial charge in [0.1, 0.15) is 0 Å². The Kier molecular flexibility index (Phi) is 1.85. The maximum Gasteiger partial charge on any atom is 0.338 e. The number of ether oxygens (including phenoxy) is 1. The van der Waals surface area contributed by atoms with Crippen LogP contribution in [0.5, 0.6) is 0 Å². The number of methoxy groups -OCH3 is 1. The van der Waals surface area contributed by atoms with Gasteiger partial charge in [-0.15, -0.1) is 0 Å². The van der Waals surface area contributed by atoms with Crippen LogP contribution in [0.3, 0.4) is 0 Å². The predicted molar refractivity (Wildman–Crippen MR) is 49.8 cm³/mol. The van der Waals surface area contributed by atoms with Crippen molar-refractivity contribution in [3.05, 3.63) is 23.8 Å². The summed E-state index contributed by atoms with van der Waals surface area (Å²) in [4.78, 5) is 11.3. The molecule has 14 heavy (non-hydrogen) atoms. The van der Waals surface area contributed by atoms with Crippen LogP contribution in [0.2, 0.25) is 0 Å². The van der Waals surface area contributed by atoms with E-state index in [-0.39, 0.29) is 5.82 Å². The molecule has 5 heteroatoms. The molecule has 72 valence electrons. The molecule has 0 unspecified atom stereocenters. The molecule has 0 aliphatic carbocycles. The number of fused-ring (bicyclic) bond motifs is 1. The number of carbonyl (C=O) groups is 1. The molecule has 5 nitrogen and oxygen atoms in total. The Hall–Kier alpha value is -2.04. The molecule has 1 heterocycles. The molecule has 0 radical (unpaired) electrons. The Bertz CT molecular complexity index is 490. The topological polar surface area (TPSA) is 78.3 Å². The van der Waals surface area contributed by atoms with E-state index < -0.39 is 5.97 Å². The van der Waals surface area contributed by atoms with E-state index in [1.54, 1.807) is 18.2 Å². The number of anilines is 1. The molecule has 2 rings (SSSR count). The molecule has 0 aliphatic heterocycles. The van der Waals surface area contributed by atoms with Gasteiger partial charge in [-0.1, -0.05) is 11.2 Å². The molecule has 0 saturated carbocycles. The third-order valence-corrected chi connectivity index (χ3v) is 1.93. The van der Waals surface area contributed by atoms with Crippen LogP contribution >= 0.6 is 0 Å². The molecule has 1 aromatic carbocycles. The Morgan fingerprint density at radius 3 is 3.07 bits per heavy atom. The highest BCUT2D eigenvalue weighted by atomic mass is 16.5. The third-order valence-electron chi connectivity index (χ3n) is 1.93. The summed E-state index contributed by atoms with van der Waals surface area (Å²) < 4.78 is 9.51. The van der Waals surface area contributed by atoms with Crippen molar-refractivity contribution in [1.82, 2.24) is 5.16 Å². The van der Waals surface area contributed by atoms with Crippen LogP contribution in [0.15, 0.2) is 22.7 Å². The Morgan fingerprint density at radius 2 is 2.36 bits per heavy atom. The van der Waals surface area contributed by atoms with Gasteiger partial charge in [0, 0.05) is 0 Å². The van der Waals surface area contributed by atoms with E-state index in [1.165, 1.54) is 7.11 Å². The molecule has 1 aromatic heterocycles. The molecule has 0 atom stereocenters. The highest BCUT2D eigenvalue weighted by Crippen LogP contribution is 2.24. The summed E-state index contributed by atoms with van der Waals surface area (Å²) in [5.74, 6) is -0.258. The number of esters is 1. The molecule has 0 bridgehead atoms. The number of hydrogen-bond acceptors (Lipinski definition) is 5. The van der Waals surface area contributed by atoms with E-state index >= 15 is 0 Å². The van der Waals surface area contributed by atoms with Crippen LogP contribution in [0.4, 0.5) is 5.82 Å². The van der Waals surface area contributed by atoms with E-state index in [1.807, 2.05) is 0 Å². The number of nitrogen functional groups attached to an aromatic ring is 1. The van der Waals surface area contributed by atoms with Crippen LogP contribution in [-0.2, 0) is 4.74 Å². The minimum atomic E-state index is -0.453. The van der Waals surface area contributed by atoms with E-state index in [0.717, 1.165) is 0 Å². The molecular formula is C9H8N2O3. The first kappa shape index (κ1) is 8.55. The van der Waals surface area contributed by atoms with Crippen molar-refractivity contribution < 1.29 is 14.1 Å². The smallest absolute Gasteiger partial charge is 0.338 e. The summed E-state index contributed by atoms with van der Waals surface area (Å²) in [5.41, 5.74) is 6.40. The monoisotopic (exact) mass is 192 g/mol. The predicted octanol–water partition coefficient (Wildman–Crippen LogP) is 1.20. The van der Waals surface area contributed by atoms with Crippen molar-refractivity contribution in [2.75, 3.05) is 12.8 Å². The molecule has 2 N–H and O–H groups in total. The highest BCUT2D eigenvalue weighted by molar-refractivity contribution is 6.06. The molecule has 2 aromatic rings. The van der Waals surface area contributed by atoms with E-state index in [4.69, 9.17) is 10.3 Å². The van der Waals surface area contributed by atoms with Gasteiger partial charge in [0.2, 0.25) is 0 Å². The first-order valence-corrected chi connectivity index (χ1v) is 3.96. The summed E-state index contributed by atoms with van der Waals surface area (Å²) in [6.07, 6.45) is 0. The van der Waals surface area contributed by atoms with Crippen molar-refractivity contribution >= 4 is 22.8 Å². The number of rotatable bonds is 1. The number of nitrogens with zero attached hydrogens (tertiary/aromatic N) is 1. The van der Waals surface area contributed by atoms with Gasteiger partial charge in [-0.2, -0.15) is 0 Å². The van der Waals surface area contributed by atoms with Gasteiger partial charge in [-0.25, -0.2) is 4.79 Å². The minimum Gasteiger partial charge on any atom is -0.465 e. The largest absolute Gasteiger partial charge is 0.465 e. The fraction of sp³-hybridized carbons (Fsp3) is 0.111. The average molecular weight is 192 g/mol. The lowest BCUT2D eigenvalue weighted by Crippen LogP contribution is -2.02. The zero-order valence-corrected chi connectivity index (χ0v) is 7.48. The fourth-order valence-corrected chi connectivity index (χ4v) is 1.30. The van der Waals surface area contributed by atoms with Gasteiger partial charge < -0.3 is 15.0 Å². The summed E-state index contributed by atoms with van der Waals surface area (Å²) in [7, 11) is 1.31. The number of aromatic nitrogens is 1. The second kappa shape index (κ2) is 3.02. The van der Waals surface area contributed by atoms with Gasteiger partial charge in [-0.05, 0) is 12.1 Å². The first-order chi connectivity index (χ1) is 6.74. The molecule has 0 amide bonds. The van der Waals surface area contributed by atoms with Crippen LogP contribution in [-0.4, -0.2) is 18.2 Å². The Morgan fingerprint density at radius 1 is 1.57 bits per heavy atom. The zero-order chi connectivity index (χ0) is 10.1. The molecule has 0 aliphatic rings. The van der Waals surface area contributed by atoms with Crippen molar-refractivity contribution in [2.24, 2.45) is 0 Å². The Labute approximate surface area is 79.4 Å². The lowest BCUT2D eigenvalue weighted by atomic mass is 10.1. The zero-order valence-electron chi connectivity index (χ0n) is 7.48. The number of carbonyl (C=O) groups excluding carboxylic acids is 1. The van der Waals surface area contributed by atoms with Crippen LogP contribution in [0.25, 0.3) is 11.0 Å². The number of nitrogens with two attached hydrogens (primary N) is 1. The third kappa shape index (κ3) is 1.10. The number of benzene rings is 1. The normalized spacial score (nSPS) is 10.4. The van der Waals surface area contributed by atoms with E-state index in [2.05, 4.69) is 9.89 Å². The molecular weight excluding hydrogens is 184 g/mol. The highest BCUT2D eigenvalue weighted by Gasteiger charge is 2.15. The van der Waals surface area contributed by atoms with Crippen LogP contribution in [0.1, 0.15) is 10.4 Å². The summed E-state index contributed by atoms with van der Waals surface area (Å²) >= 11 is 0. The summed E-state index contributed by atoms with van der Waals surface area (Å²) in [6, 6.07) is 4.98. The first-order valence-electron chi connectivity index (χ1n) is 3.96.